The minimum Gasteiger partial charge on any atom is -0.466 e. The van der Waals surface area contributed by atoms with Gasteiger partial charge in [-0.3, -0.25) is 0 Å². The molecule has 172 valence electrons. The average molecular weight is 425 g/mol. The van der Waals surface area contributed by atoms with Gasteiger partial charge in [0.2, 0.25) is 0 Å². The molecule has 2 rings (SSSR count). The van der Waals surface area contributed by atoms with Gasteiger partial charge in [0, 0.05) is 30.4 Å². The minimum atomic E-state index is -0.560. The molecular weight excluding hydrogens is 384 g/mol. The van der Waals surface area contributed by atoms with E-state index in [1.165, 1.54) is 13.2 Å². The van der Waals surface area contributed by atoms with E-state index in [0.29, 0.717) is 32.3 Å². The van der Waals surface area contributed by atoms with Crippen LogP contribution in [0.25, 0.3) is 0 Å². The molecule has 2 aliphatic rings. The summed E-state index contributed by atoms with van der Waals surface area (Å²) in [7, 11) is 1.39. The number of esters is 1. The first-order valence-corrected chi connectivity index (χ1v) is 11.3. The van der Waals surface area contributed by atoms with Gasteiger partial charge in [-0.25, -0.2) is 4.79 Å². The summed E-state index contributed by atoms with van der Waals surface area (Å²) in [5.41, 5.74) is -0.329. The molecule has 0 amide bonds. The highest BCUT2D eigenvalue weighted by Crippen LogP contribution is 2.49. The zero-order valence-corrected chi connectivity index (χ0v) is 19.1. The average Bonchev–Trinajstić information content (AvgIpc) is 3.34. The lowest BCUT2D eigenvalue weighted by Crippen LogP contribution is -2.36. The van der Waals surface area contributed by atoms with Crippen molar-refractivity contribution in [2.45, 2.75) is 71.2 Å². The zero-order chi connectivity index (χ0) is 22.0. The van der Waals surface area contributed by atoms with Gasteiger partial charge in [-0.15, -0.1) is 0 Å². The van der Waals surface area contributed by atoms with E-state index in [1.807, 2.05) is 32.9 Å². The first kappa shape index (κ1) is 25.1. The Morgan fingerprint density at radius 2 is 2.03 bits per heavy atom. The monoisotopic (exact) mass is 424 g/mol. The van der Waals surface area contributed by atoms with Crippen molar-refractivity contribution < 1.29 is 28.8 Å². The topological polar surface area (TPSA) is 74.2 Å². The number of methoxy groups -OCH3 is 1. The maximum absolute atomic E-state index is 11.1. The number of rotatable bonds is 12. The smallest absolute Gasteiger partial charge is 0.330 e. The molecule has 0 aromatic heterocycles. The van der Waals surface area contributed by atoms with Crippen molar-refractivity contribution in [1.82, 2.24) is 0 Å². The van der Waals surface area contributed by atoms with Crippen molar-refractivity contribution in [2.24, 2.45) is 17.3 Å². The molecule has 6 heteroatoms. The Labute approximate surface area is 181 Å². The van der Waals surface area contributed by atoms with Gasteiger partial charge in [0.15, 0.2) is 5.79 Å². The van der Waals surface area contributed by atoms with Crippen LogP contribution < -0.4 is 0 Å². The van der Waals surface area contributed by atoms with Crippen molar-refractivity contribution in [3.63, 3.8) is 0 Å². The number of ether oxygens (including phenoxy) is 4. The van der Waals surface area contributed by atoms with E-state index in [9.17, 15) is 9.90 Å². The third-order valence-corrected chi connectivity index (χ3v) is 6.29. The quantitative estimate of drug-likeness (QED) is 0.221. The number of allylic oxidation sites excluding steroid dienone is 2. The molecule has 1 spiro atoms. The van der Waals surface area contributed by atoms with Gasteiger partial charge in [0.05, 0.1) is 33.0 Å². The zero-order valence-electron chi connectivity index (χ0n) is 19.1. The Hall–Kier alpha value is -1.21. The number of carbonyl (C=O) groups is 1. The van der Waals surface area contributed by atoms with Gasteiger partial charge in [-0.2, -0.15) is 0 Å². The van der Waals surface area contributed by atoms with Crippen molar-refractivity contribution in [3.8, 4) is 0 Å². The second-order valence-corrected chi connectivity index (χ2v) is 8.98. The first-order chi connectivity index (χ1) is 14.3. The third-order valence-electron chi connectivity index (χ3n) is 6.29. The fourth-order valence-electron chi connectivity index (χ4n) is 4.41. The summed E-state index contributed by atoms with van der Waals surface area (Å²) in [4.78, 5) is 11.1. The molecule has 0 aromatic carbocycles. The highest BCUT2D eigenvalue weighted by atomic mass is 16.7. The lowest BCUT2D eigenvalue weighted by atomic mass is 9.84. The van der Waals surface area contributed by atoms with Crippen LogP contribution in [0.4, 0.5) is 0 Å². The summed E-state index contributed by atoms with van der Waals surface area (Å²) in [6.45, 7) is 8.49. The Balaban J connectivity index is 1.93. The Morgan fingerprint density at radius 3 is 2.70 bits per heavy atom. The molecule has 1 N–H and O–H groups in total. The second kappa shape index (κ2) is 12.0. The van der Waals surface area contributed by atoms with Crippen molar-refractivity contribution in [1.29, 1.82) is 0 Å². The van der Waals surface area contributed by atoms with E-state index < -0.39 is 11.9 Å². The molecule has 2 fully saturated rings. The summed E-state index contributed by atoms with van der Waals surface area (Å²) < 4.78 is 22.3. The number of unbranched alkanes of at least 4 members (excludes halogenated alkanes) is 2. The molecule has 1 saturated carbocycles. The van der Waals surface area contributed by atoms with Crippen LogP contribution in [0.3, 0.4) is 0 Å². The third kappa shape index (κ3) is 6.91. The van der Waals surface area contributed by atoms with E-state index >= 15 is 0 Å². The molecule has 0 bridgehead atoms. The van der Waals surface area contributed by atoms with Gasteiger partial charge in [0.25, 0.3) is 0 Å². The summed E-state index contributed by atoms with van der Waals surface area (Å²) in [5, 5.41) is 10.7. The molecule has 6 nitrogen and oxygen atoms in total. The molecule has 0 aromatic rings. The van der Waals surface area contributed by atoms with E-state index in [2.05, 4.69) is 10.8 Å². The molecule has 1 aliphatic carbocycles. The Morgan fingerprint density at radius 1 is 1.30 bits per heavy atom. The lowest BCUT2D eigenvalue weighted by Gasteiger charge is -2.32. The second-order valence-electron chi connectivity index (χ2n) is 8.98. The van der Waals surface area contributed by atoms with Crippen molar-refractivity contribution in [2.75, 3.05) is 33.5 Å². The number of aliphatic hydroxyl groups is 1. The fourth-order valence-corrected chi connectivity index (χ4v) is 4.41. The molecule has 0 radical (unpaired) electrons. The normalized spacial score (nSPS) is 25.0. The van der Waals surface area contributed by atoms with Crippen LogP contribution in [-0.4, -0.2) is 56.5 Å². The molecule has 1 heterocycles. The van der Waals surface area contributed by atoms with Crippen LogP contribution in [-0.2, 0) is 23.7 Å². The predicted molar refractivity (Wildman–Crippen MR) is 116 cm³/mol. The molecular formula is C24H40O6. The fraction of sp³-hybridized carbons (Fsp3) is 0.792. The Bertz CT molecular complexity index is 576. The van der Waals surface area contributed by atoms with Gasteiger partial charge in [-0.1, -0.05) is 38.5 Å². The van der Waals surface area contributed by atoms with Gasteiger partial charge in [-0.05, 0) is 38.5 Å². The minimum absolute atomic E-state index is 0.281. The van der Waals surface area contributed by atoms with Gasteiger partial charge in [0.1, 0.15) is 0 Å². The highest BCUT2D eigenvalue weighted by molar-refractivity contribution is 5.81. The number of hydrogen-bond acceptors (Lipinski definition) is 6. The van der Waals surface area contributed by atoms with Crippen molar-refractivity contribution in [3.05, 3.63) is 24.3 Å². The summed E-state index contributed by atoms with van der Waals surface area (Å²) in [6.07, 6.45) is 12.7. The lowest BCUT2D eigenvalue weighted by molar-refractivity contribution is -0.186. The number of hydrogen-bond donors (Lipinski definition) is 1. The molecule has 30 heavy (non-hydrogen) atoms. The molecule has 1 aliphatic heterocycles. The van der Waals surface area contributed by atoms with E-state index in [-0.39, 0.29) is 17.3 Å². The van der Waals surface area contributed by atoms with Crippen LogP contribution in [0.2, 0.25) is 0 Å². The Kier molecular flexibility index (Phi) is 10.0. The molecule has 1 unspecified atom stereocenters. The van der Waals surface area contributed by atoms with Gasteiger partial charge >= 0.3 is 5.97 Å². The maximum Gasteiger partial charge on any atom is 0.330 e. The summed E-state index contributed by atoms with van der Waals surface area (Å²) in [5.74, 6) is -0.175. The summed E-state index contributed by atoms with van der Waals surface area (Å²) in [6, 6.07) is 0. The van der Waals surface area contributed by atoms with Gasteiger partial charge < -0.3 is 24.1 Å². The van der Waals surface area contributed by atoms with Crippen LogP contribution in [0.15, 0.2) is 24.3 Å². The predicted octanol–water partition coefficient (Wildman–Crippen LogP) is 4.03. The van der Waals surface area contributed by atoms with Crippen molar-refractivity contribution >= 4 is 5.97 Å². The van der Waals surface area contributed by atoms with E-state index in [4.69, 9.17) is 14.2 Å². The summed E-state index contributed by atoms with van der Waals surface area (Å²) >= 11 is 0. The molecule has 1 saturated heterocycles. The maximum atomic E-state index is 11.1. The van der Waals surface area contributed by atoms with E-state index in [1.54, 1.807) is 0 Å². The van der Waals surface area contributed by atoms with Crippen LogP contribution >= 0.6 is 0 Å². The van der Waals surface area contributed by atoms with Crippen LogP contribution in [0, 0.1) is 17.3 Å². The first-order valence-electron chi connectivity index (χ1n) is 11.3. The highest BCUT2D eigenvalue weighted by Gasteiger charge is 2.51. The van der Waals surface area contributed by atoms with Crippen LogP contribution in [0.1, 0.15) is 59.3 Å². The standard InChI is InChI=1S/C24H40O6/c1-5-28-18-23(2,3)21(25)13-12-19-14-15-24(29-16-17-30-24)20(19)10-8-6-7-9-11-22(26)27-4/h9,11-13,19-21,25H,5-8,10,14-18H2,1-4H3/b11-9+,13-12+/t19-,20+,21?/m0/s1. The molecule has 3 atom stereocenters. The van der Waals surface area contributed by atoms with E-state index in [0.717, 1.165) is 38.5 Å². The number of aliphatic hydroxyl groups excluding tert-OH is 1. The number of carbonyl (C=O) groups excluding carboxylic acids is 1. The SMILES string of the molecule is CCOCC(C)(C)C(O)/C=C/[C@H]1CCC2(OCCO2)[C@@H]1CCCC/C=C/C(=O)OC. The largest absolute Gasteiger partial charge is 0.466 e. The van der Waals surface area contributed by atoms with Crippen LogP contribution in [0.5, 0.6) is 0 Å².